The molecule has 20 heavy (non-hydrogen) atoms. The van der Waals surface area contributed by atoms with Crippen LogP contribution in [0.5, 0.6) is 0 Å². The van der Waals surface area contributed by atoms with Crippen LogP contribution in [0.1, 0.15) is 17.2 Å². The van der Waals surface area contributed by atoms with Crippen LogP contribution in [-0.4, -0.2) is 4.98 Å². The van der Waals surface area contributed by atoms with E-state index < -0.39 is 6.04 Å². The second-order valence-electron chi connectivity index (χ2n) is 4.56. The fourth-order valence-corrected chi connectivity index (χ4v) is 2.85. The topological polar surface area (TPSA) is 38.9 Å². The zero-order valence-electron chi connectivity index (χ0n) is 10.6. The Labute approximate surface area is 124 Å². The molecule has 3 aromatic rings. The molecule has 1 aromatic heterocycles. The molecule has 0 fully saturated rings. The van der Waals surface area contributed by atoms with Gasteiger partial charge in [0.15, 0.2) is 0 Å². The maximum Gasteiger partial charge on any atom is 0.137 e. The zero-order chi connectivity index (χ0) is 14.1. The van der Waals surface area contributed by atoms with E-state index in [4.69, 9.17) is 5.73 Å². The van der Waals surface area contributed by atoms with Gasteiger partial charge in [-0.2, -0.15) is 0 Å². The summed E-state index contributed by atoms with van der Waals surface area (Å²) in [6, 6.07) is 12.3. The third kappa shape index (κ3) is 2.21. The molecule has 1 heterocycles. The van der Waals surface area contributed by atoms with Gasteiger partial charge in [0.25, 0.3) is 0 Å². The van der Waals surface area contributed by atoms with E-state index in [-0.39, 0.29) is 5.82 Å². The van der Waals surface area contributed by atoms with Gasteiger partial charge in [-0.05, 0) is 44.6 Å². The molecule has 0 spiro atoms. The lowest BCUT2D eigenvalue weighted by Gasteiger charge is -2.16. The van der Waals surface area contributed by atoms with Crippen molar-refractivity contribution in [3.8, 4) is 0 Å². The van der Waals surface area contributed by atoms with Gasteiger partial charge >= 0.3 is 0 Å². The molecule has 2 aromatic carbocycles. The molecule has 4 heteroatoms. The molecule has 0 bridgehead atoms. The predicted molar refractivity (Wildman–Crippen MR) is 81.9 cm³/mol. The number of benzene rings is 2. The van der Waals surface area contributed by atoms with E-state index in [1.54, 1.807) is 18.5 Å². The first-order valence-electron chi connectivity index (χ1n) is 6.20. The Morgan fingerprint density at radius 1 is 1.05 bits per heavy atom. The summed E-state index contributed by atoms with van der Waals surface area (Å²) in [6.45, 7) is 0. The Morgan fingerprint density at radius 3 is 2.65 bits per heavy atom. The first-order valence-corrected chi connectivity index (χ1v) is 7.00. The van der Waals surface area contributed by atoms with Gasteiger partial charge < -0.3 is 5.73 Å². The summed E-state index contributed by atoms with van der Waals surface area (Å²) in [7, 11) is 0. The molecule has 2 N–H and O–H groups in total. The molecule has 0 aliphatic carbocycles. The van der Waals surface area contributed by atoms with Gasteiger partial charge in [-0.15, -0.1) is 0 Å². The highest BCUT2D eigenvalue weighted by Crippen LogP contribution is 2.32. The van der Waals surface area contributed by atoms with E-state index in [1.807, 2.05) is 30.3 Å². The average molecular weight is 331 g/mol. The third-order valence-electron chi connectivity index (χ3n) is 3.37. The molecule has 0 amide bonds. The van der Waals surface area contributed by atoms with Crippen molar-refractivity contribution in [1.29, 1.82) is 0 Å². The van der Waals surface area contributed by atoms with Crippen LogP contribution in [0, 0.1) is 5.82 Å². The maximum atomic E-state index is 13.7. The SMILES string of the molecule is NC(c1cccc(F)c1Br)c1cccc2ccncc12. The summed E-state index contributed by atoms with van der Waals surface area (Å²) in [5.74, 6) is -0.309. The summed E-state index contributed by atoms with van der Waals surface area (Å²) in [4.78, 5) is 4.15. The summed E-state index contributed by atoms with van der Waals surface area (Å²) < 4.78 is 14.1. The van der Waals surface area contributed by atoms with Gasteiger partial charge in [-0.3, -0.25) is 4.98 Å². The predicted octanol–water partition coefficient (Wildman–Crippen LogP) is 4.18. The molecule has 1 unspecified atom stereocenters. The number of fused-ring (bicyclic) bond motifs is 1. The minimum atomic E-state index is -0.409. The first-order chi connectivity index (χ1) is 9.68. The Balaban J connectivity index is 2.18. The highest BCUT2D eigenvalue weighted by molar-refractivity contribution is 9.10. The van der Waals surface area contributed by atoms with Crippen LogP contribution in [0.15, 0.2) is 59.3 Å². The number of nitrogens with zero attached hydrogens (tertiary/aromatic N) is 1. The third-order valence-corrected chi connectivity index (χ3v) is 4.21. The highest BCUT2D eigenvalue weighted by Gasteiger charge is 2.16. The van der Waals surface area contributed by atoms with Crippen molar-refractivity contribution >= 4 is 26.7 Å². The van der Waals surface area contributed by atoms with Crippen molar-refractivity contribution in [2.75, 3.05) is 0 Å². The van der Waals surface area contributed by atoms with Gasteiger partial charge in [0.1, 0.15) is 5.82 Å². The van der Waals surface area contributed by atoms with Gasteiger partial charge in [0, 0.05) is 17.8 Å². The minimum Gasteiger partial charge on any atom is -0.320 e. The molecule has 0 aliphatic heterocycles. The fraction of sp³-hybridized carbons (Fsp3) is 0.0625. The van der Waals surface area contributed by atoms with E-state index in [0.717, 1.165) is 21.9 Å². The largest absolute Gasteiger partial charge is 0.320 e. The molecule has 3 rings (SSSR count). The summed E-state index contributed by atoms with van der Waals surface area (Å²) >= 11 is 3.27. The van der Waals surface area contributed by atoms with E-state index in [2.05, 4.69) is 20.9 Å². The molecule has 1 atom stereocenters. The zero-order valence-corrected chi connectivity index (χ0v) is 12.1. The van der Waals surface area contributed by atoms with E-state index in [9.17, 15) is 4.39 Å². The number of hydrogen-bond acceptors (Lipinski definition) is 2. The number of hydrogen-bond donors (Lipinski definition) is 1. The maximum absolute atomic E-state index is 13.7. The Kier molecular flexibility index (Phi) is 3.51. The molecule has 0 saturated heterocycles. The van der Waals surface area contributed by atoms with Gasteiger partial charge in [0.2, 0.25) is 0 Å². The van der Waals surface area contributed by atoms with E-state index in [1.165, 1.54) is 6.07 Å². The van der Waals surface area contributed by atoms with Crippen LogP contribution in [0.3, 0.4) is 0 Å². The minimum absolute atomic E-state index is 0.309. The summed E-state index contributed by atoms with van der Waals surface area (Å²) in [5, 5.41) is 2.05. The van der Waals surface area contributed by atoms with E-state index >= 15 is 0 Å². The molecule has 2 nitrogen and oxygen atoms in total. The molecule has 100 valence electrons. The fourth-order valence-electron chi connectivity index (χ4n) is 2.34. The van der Waals surface area contributed by atoms with E-state index in [0.29, 0.717) is 4.47 Å². The van der Waals surface area contributed by atoms with Crippen LogP contribution in [0.2, 0.25) is 0 Å². The van der Waals surface area contributed by atoms with Crippen molar-refractivity contribution in [3.63, 3.8) is 0 Å². The molecule has 0 radical (unpaired) electrons. The monoisotopic (exact) mass is 330 g/mol. The molecular weight excluding hydrogens is 319 g/mol. The Bertz CT molecular complexity index is 768. The first kappa shape index (κ1) is 13.2. The number of nitrogens with two attached hydrogens (primary N) is 1. The average Bonchev–Trinajstić information content (AvgIpc) is 2.49. The Hall–Kier alpha value is -1.78. The number of pyridine rings is 1. The highest BCUT2D eigenvalue weighted by atomic mass is 79.9. The standard InChI is InChI=1S/C16H12BrFN2/c17-15-12(5-2-6-14(15)18)16(19)11-4-1-3-10-7-8-20-9-13(10)11/h1-9,16H,19H2. The van der Waals surface area contributed by atoms with Crippen molar-refractivity contribution < 1.29 is 4.39 Å². The van der Waals surface area contributed by atoms with Gasteiger partial charge in [-0.1, -0.05) is 30.3 Å². The van der Waals surface area contributed by atoms with Crippen LogP contribution < -0.4 is 5.73 Å². The lowest BCUT2D eigenvalue weighted by atomic mass is 9.95. The summed E-state index contributed by atoms with van der Waals surface area (Å²) in [5.41, 5.74) is 7.98. The van der Waals surface area contributed by atoms with Gasteiger partial charge in [-0.25, -0.2) is 4.39 Å². The van der Waals surface area contributed by atoms with Crippen LogP contribution >= 0.6 is 15.9 Å². The molecule has 0 aliphatic rings. The Morgan fingerprint density at radius 2 is 1.80 bits per heavy atom. The van der Waals surface area contributed by atoms with Crippen molar-refractivity contribution in [1.82, 2.24) is 4.98 Å². The lowest BCUT2D eigenvalue weighted by molar-refractivity contribution is 0.616. The van der Waals surface area contributed by atoms with Crippen LogP contribution in [-0.2, 0) is 0 Å². The lowest BCUT2D eigenvalue weighted by Crippen LogP contribution is -2.13. The normalized spacial score (nSPS) is 12.6. The molecule has 0 saturated carbocycles. The molecular formula is C16H12BrFN2. The second kappa shape index (κ2) is 5.31. The second-order valence-corrected chi connectivity index (χ2v) is 5.36. The summed E-state index contributed by atoms with van der Waals surface area (Å²) in [6.07, 6.45) is 3.54. The van der Waals surface area contributed by atoms with Crippen LogP contribution in [0.25, 0.3) is 10.8 Å². The number of rotatable bonds is 2. The van der Waals surface area contributed by atoms with Crippen LogP contribution in [0.4, 0.5) is 4.39 Å². The smallest absolute Gasteiger partial charge is 0.137 e. The van der Waals surface area contributed by atoms with Crippen molar-refractivity contribution in [2.24, 2.45) is 5.73 Å². The number of aromatic nitrogens is 1. The number of halogens is 2. The van der Waals surface area contributed by atoms with Crippen molar-refractivity contribution in [2.45, 2.75) is 6.04 Å². The van der Waals surface area contributed by atoms with Gasteiger partial charge in [0.05, 0.1) is 10.5 Å². The quantitative estimate of drug-likeness (QED) is 0.765. The van der Waals surface area contributed by atoms with Crippen molar-refractivity contribution in [3.05, 3.63) is 76.3 Å².